The molecule has 0 aromatic heterocycles. The maximum absolute atomic E-state index is 12.9. The quantitative estimate of drug-likeness (QED) is 0.789. The summed E-state index contributed by atoms with van der Waals surface area (Å²) in [6.45, 7) is 4.00. The number of sulfonamides is 1. The van der Waals surface area contributed by atoms with Gasteiger partial charge in [0.25, 0.3) is 15.9 Å². The zero-order chi connectivity index (χ0) is 18.4. The van der Waals surface area contributed by atoms with Crippen LogP contribution >= 0.6 is 0 Å². The first-order valence-electron chi connectivity index (χ1n) is 8.05. The number of halogens is 1. The highest BCUT2D eigenvalue weighted by atomic mass is 32.2. The molecular weight excluding hydrogens is 343 g/mol. The van der Waals surface area contributed by atoms with Gasteiger partial charge in [0.2, 0.25) is 0 Å². The fourth-order valence-electron chi connectivity index (χ4n) is 2.28. The molecule has 2 aromatic rings. The van der Waals surface area contributed by atoms with E-state index in [9.17, 15) is 17.6 Å². The van der Waals surface area contributed by atoms with Crippen molar-refractivity contribution in [1.29, 1.82) is 0 Å². The van der Waals surface area contributed by atoms with Gasteiger partial charge in [-0.25, -0.2) is 12.8 Å². The molecule has 0 heterocycles. The lowest BCUT2D eigenvalue weighted by atomic mass is 10.1. The van der Waals surface area contributed by atoms with Crippen molar-refractivity contribution in [1.82, 2.24) is 5.32 Å². The van der Waals surface area contributed by atoms with Crippen LogP contribution in [0.25, 0.3) is 0 Å². The molecule has 0 saturated heterocycles. The fraction of sp³-hybridized carbons (Fsp3) is 0.278. The van der Waals surface area contributed by atoms with E-state index in [0.717, 1.165) is 25.0 Å². The Morgan fingerprint density at radius 3 is 2.08 bits per heavy atom. The van der Waals surface area contributed by atoms with E-state index in [1.807, 2.05) is 13.8 Å². The van der Waals surface area contributed by atoms with Crippen molar-refractivity contribution in [2.45, 2.75) is 37.6 Å². The Bertz CT molecular complexity index is 814. The molecule has 7 heteroatoms. The number of carbonyl (C=O) groups is 1. The largest absolute Gasteiger partial charge is 0.349 e. The van der Waals surface area contributed by atoms with Gasteiger partial charge in [-0.1, -0.05) is 13.8 Å². The summed E-state index contributed by atoms with van der Waals surface area (Å²) in [6, 6.07) is 10.8. The topological polar surface area (TPSA) is 75.3 Å². The van der Waals surface area contributed by atoms with Crippen LogP contribution in [0.3, 0.4) is 0 Å². The van der Waals surface area contributed by atoms with Gasteiger partial charge in [-0.2, -0.15) is 0 Å². The van der Waals surface area contributed by atoms with Gasteiger partial charge in [0.15, 0.2) is 0 Å². The minimum Gasteiger partial charge on any atom is -0.349 e. The summed E-state index contributed by atoms with van der Waals surface area (Å²) in [6.07, 6.45) is 1.69. The van der Waals surface area contributed by atoms with Crippen LogP contribution in [0, 0.1) is 5.82 Å². The minimum absolute atomic E-state index is 0.0375. The van der Waals surface area contributed by atoms with Crippen molar-refractivity contribution < 1.29 is 17.6 Å². The summed E-state index contributed by atoms with van der Waals surface area (Å²) in [4.78, 5) is 12.1. The predicted octanol–water partition coefficient (Wildman–Crippen LogP) is 3.54. The third-order valence-corrected chi connectivity index (χ3v) is 5.24. The smallest absolute Gasteiger partial charge is 0.261 e. The maximum atomic E-state index is 12.9. The average molecular weight is 364 g/mol. The third kappa shape index (κ3) is 5.03. The second-order valence-electron chi connectivity index (χ2n) is 5.62. The summed E-state index contributed by atoms with van der Waals surface area (Å²) in [7, 11) is -3.81. The summed E-state index contributed by atoms with van der Waals surface area (Å²) in [5, 5.41) is 2.92. The van der Waals surface area contributed by atoms with Crippen LogP contribution in [-0.2, 0) is 10.0 Å². The van der Waals surface area contributed by atoms with Crippen LogP contribution < -0.4 is 10.0 Å². The van der Waals surface area contributed by atoms with Crippen molar-refractivity contribution in [2.24, 2.45) is 0 Å². The van der Waals surface area contributed by atoms with Gasteiger partial charge in [0, 0.05) is 17.3 Å². The fourth-order valence-corrected chi connectivity index (χ4v) is 3.34. The number of hydrogen-bond acceptors (Lipinski definition) is 3. The van der Waals surface area contributed by atoms with Gasteiger partial charge in [-0.15, -0.1) is 0 Å². The number of rotatable bonds is 7. The van der Waals surface area contributed by atoms with E-state index in [2.05, 4.69) is 10.0 Å². The number of anilines is 1. The van der Waals surface area contributed by atoms with Crippen molar-refractivity contribution in [2.75, 3.05) is 4.72 Å². The highest BCUT2D eigenvalue weighted by Gasteiger charge is 2.15. The summed E-state index contributed by atoms with van der Waals surface area (Å²) in [5.41, 5.74) is 0.778. The van der Waals surface area contributed by atoms with E-state index in [1.165, 1.54) is 24.3 Å². The second kappa shape index (κ2) is 8.11. The van der Waals surface area contributed by atoms with Gasteiger partial charge in [-0.3, -0.25) is 9.52 Å². The van der Waals surface area contributed by atoms with Crippen LogP contribution in [0.15, 0.2) is 53.4 Å². The molecule has 2 aromatic carbocycles. The molecular formula is C18H21FN2O3S. The monoisotopic (exact) mass is 364 g/mol. The molecule has 5 nitrogen and oxygen atoms in total. The van der Waals surface area contributed by atoms with E-state index in [0.29, 0.717) is 11.3 Å². The molecule has 0 fully saturated rings. The van der Waals surface area contributed by atoms with Crippen LogP contribution in [0.1, 0.15) is 37.0 Å². The molecule has 0 saturated carbocycles. The van der Waals surface area contributed by atoms with Crippen LogP contribution in [-0.4, -0.2) is 20.4 Å². The third-order valence-electron chi connectivity index (χ3n) is 3.84. The number of carbonyl (C=O) groups excluding carboxylic acids is 1. The number of hydrogen-bond donors (Lipinski definition) is 2. The molecule has 25 heavy (non-hydrogen) atoms. The van der Waals surface area contributed by atoms with Crippen LogP contribution in [0.2, 0.25) is 0 Å². The van der Waals surface area contributed by atoms with E-state index < -0.39 is 15.8 Å². The summed E-state index contributed by atoms with van der Waals surface area (Å²) < 4.78 is 39.8. The van der Waals surface area contributed by atoms with Crippen molar-refractivity contribution in [3.05, 3.63) is 59.9 Å². The minimum atomic E-state index is -3.81. The summed E-state index contributed by atoms with van der Waals surface area (Å²) in [5.74, 6) is -0.701. The van der Waals surface area contributed by atoms with E-state index in [1.54, 1.807) is 12.1 Å². The van der Waals surface area contributed by atoms with Crippen molar-refractivity contribution in [3.8, 4) is 0 Å². The molecule has 0 unspecified atom stereocenters. The number of benzene rings is 2. The Morgan fingerprint density at radius 2 is 1.56 bits per heavy atom. The Labute approximate surface area is 147 Å². The molecule has 134 valence electrons. The molecule has 0 atom stereocenters. The zero-order valence-corrected chi connectivity index (χ0v) is 14.9. The predicted molar refractivity (Wildman–Crippen MR) is 95.5 cm³/mol. The van der Waals surface area contributed by atoms with Gasteiger partial charge >= 0.3 is 0 Å². The Hall–Kier alpha value is -2.41. The molecule has 0 bridgehead atoms. The zero-order valence-electron chi connectivity index (χ0n) is 14.1. The SMILES string of the molecule is CCC(CC)NC(=O)c1ccc(NS(=O)(=O)c2ccc(F)cc2)cc1. The molecule has 0 radical (unpaired) electrons. The van der Waals surface area contributed by atoms with Crippen LogP contribution in [0.5, 0.6) is 0 Å². The van der Waals surface area contributed by atoms with Gasteiger partial charge < -0.3 is 5.32 Å². The lowest BCUT2D eigenvalue weighted by Crippen LogP contribution is -2.33. The van der Waals surface area contributed by atoms with Gasteiger partial charge in [0.05, 0.1) is 4.90 Å². The van der Waals surface area contributed by atoms with E-state index >= 15 is 0 Å². The molecule has 1 amide bonds. The Balaban J connectivity index is 2.09. The molecule has 0 aliphatic carbocycles. The molecule has 0 aliphatic rings. The average Bonchev–Trinajstić information content (AvgIpc) is 2.60. The highest BCUT2D eigenvalue weighted by Crippen LogP contribution is 2.17. The summed E-state index contributed by atoms with van der Waals surface area (Å²) >= 11 is 0. The van der Waals surface area contributed by atoms with E-state index in [4.69, 9.17) is 0 Å². The molecule has 2 rings (SSSR count). The van der Waals surface area contributed by atoms with E-state index in [-0.39, 0.29) is 16.8 Å². The number of nitrogens with one attached hydrogen (secondary N) is 2. The Kier molecular flexibility index (Phi) is 6.14. The lowest BCUT2D eigenvalue weighted by Gasteiger charge is -2.15. The van der Waals surface area contributed by atoms with Gasteiger partial charge in [0.1, 0.15) is 5.82 Å². The molecule has 0 aliphatic heterocycles. The molecule has 2 N–H and O–H groups in total. The highest BCUT2D eigenvalue weighted by molar-refractivity contribution is 7.92. The normalized spacial score (nSPS) is 11.4. The van der Waals surface area contributed by atoms with Crippen molar-refractivity contribution >= 4 is 21.6 Å². The van der Waals surface area contributed by atoms with Crippen molar-refractivity contribution in [3.63, 3.8) is 0 Å². The van der Waals surface area contributed by atoms with Gasteiger partial charge in [-0.05, 0) is 61.4 Å². The first-order chi connectivity index (χ1) is 11.9. The first kappa shape index (κ1) is 18.9. The molecule has 0 spiro atoms. The number of amides is 1. The second-order valence-corrected chi connectivity index (χ2v) is 7.31. The Morgan fingerprint density at radius 1 is 1.00 bits per heavy atom. The maximum Gasteiger partial charge on any atom is 0.261 e. The first-order valence-corrected chi connectivity index (χ1v) is 9.53. The lowest BCUT2D eigenvalue weighted by molar-refractivity contribution is 0.0935. The van der Waals surface area contributed by atoms with Crippen LogP contribution in [0.4, 0.5) is 10.1 Å². The standard InChI is InChI=1S/C18H21FN2O3S/c1-3-15(4-2)20-18(22)13-5-9-16(10-6-13)21-25(23,24)17-11-7-14(19)8-12-17/h5-12,15,21H,3-4H2,1-2H3,(H,20,22).